The van der Waals surface area contributed by atoms with Crippen LogP contribution in [0.15, 0.2) is 18.2 Å². The van der Waals surface area contributed by atoms with Crippen LogP contribution in [-0.2, 0) is 11.2 Å². The van der Waals surface area contributed by atoms with Crippen LogP contribution in [0, 0.1) is 0 Å². The fourth-order valence-electron chi connectivity index (χ4n) is 3.75. The molecule has 1 spiro atoms. The van der Waals surface area contributed by atoms with Crippen molar-refractivity contribution >= 4 is 5.78 Å². The molecule has 0 amide bonds. The highest BCUT2D eigenvalue weighted by Crippen LogP contribution is 2.43. The zero-order chi connectivity index (χ0) is 13.6. The first-order chi connectivity index (χ1) is 9.76. The maximum atomic E-state index is 11.8. The highest BCUT2D eigenvalue weighted by atomic mass is 16.5. The van der Waals surface area contributed by atoms with E-state index in [-0.39, 0.29) is 17.5 Å². The average Bonchev–Trinajstić information content (AvgIpc) is 2.81. The summed E-state index contributed by atoms with van der Waals surface area (Å²) in [5, 5.41) is 0. The minimum Gasteiger partial charge on any atom is -0.490 e. The number of ether oxygens (including phenoxy) is 2. The number of fused-ring (bicyclic) bond motifs is 1. The van der Waals surface area contributed by atoms with Crippen molar-refractivity contribution in [2.75, 3.05) is 6.61 Å². The molecule has 1 aliphatic heterocycles. The molecule has 20 heavy (non-hydrogen) atoms. The molecule has 1 aromatic carbocycles. The Balaban J connectivity index is 1.53. The third kappa shape index (κ3) is 1.96. The van der Waals surface area contributed by atoms with Crippen LogP contribution in [0.1, 0.15) is 54.4 Å². The summed E-state index contributed by atoms with van der Waals surface area (Å²) in [6.07, 6.45) is 7.31. The van der Waals surface area contributed by atoms with Crippen molar-refractivity contribution in [2.24, 2.45) is 0 Å². The first-order valence-corrected chi connectivity index (χ1v) is 7.72. The van der Waals surface area contributed by atoms with Crippen molar-refractivity contribution < 1.29 is 14.3 Å². The second-order valence-corrected chi connectivity index (χ2v) is 6.32. The Morgan fingerprint density at radius 2 is 2.15 bits per heavy atom. The molecule has 3 heteroatoms. The van der Waals surface area contributed by atoms with Gasteiger partial charge in [-0.2, -0.15) is 0 Å². The van der Waals surface area contributed by atoms with Crippen LogP contribution in [0.25, 0.3) is 0 Å². The minimum absolute atomic E-state index is 0.108. The Labute approximate surface area is 119 Å². The Morgan fingerprint density at radius 1 is 1.25 bits per heavy atom. The molecule has 4 rings (SSSR count). The summed E-state index contributed by atoms with van der Waals surface area (Å²) in [5.74, 6) is 1.18. The van der Waals surface area contributed by atoms with Gasteiger partial charge in [-0.1, -0.05) is 12.1 Å². The van der Waals surface area contributed by atoms with Gasteiger partial charge in [-0.25, -0.2) is 0 Å². The molecule has 0 aromatic heterocycles. The highest BCUT2D eigenvalue weighted by Gasteiger charge is 2.43. The summed E-state index contributed by atoms with van der Waals surface area (Å²) in [5.41, 5.74) is 2.09. The van der Waals surface area contributed by atoms with Gasteiger partial charge in [0.05, 0.1) is 12.2 Å². The van der Waals surface area contributed by atoms with Gasteiger partial charge >= 0.3 is 0 Å². The molecule has 1 aromatic rings. The fraction of sp³-hybridized carbons (Fsp3) is 0.588. The van der Waals surface area contributed by atoms with E-state index in [0.717, 1.165) is 42.7 Å². The number of ketones is 1. The van der Waals surface area contributed by atoms with Gasteiger partial charge in [0.25, 0.3) is 0 Å². The molecule has 2 aliphatic carbocycles. The average molecular weight is 272 g/mol. The van der Waals surface area contributed by atoms with Gasteiger partial charge in [0.2, 0.25) is 0 Å². The Bertz CT molecular complexity index is 545. The fourth-order valence-corrected chi connectivity index (χ4v) is 3.75. The van der Waals surface area contributed by atoms with Crippen molar-refractivity contribution in [1.29, 1.82) is 0 Å². The monoisotopic (exact) mass is 272 g/mol. The third-order valence-corrected chi connectivity index (χ3v) is 5.04. The van der Waals surface area contributed by atoms with Crippen molar-refractivity contribution in [3.8, 4) is 5.75 Å². The van der Waals surface area contributed by atoms with Gasteiger partial charge in [-0.3, -0.25) is 4.79 Å². The summed E-state index contributed by atoms with van der Waals surface area (Å²) in [7, 11) is 0. The second kappa shape index (κ2) is 4.59. The van der Waals surface area contributed by atoms with E-state index in [1.54, 1.807) is 0 Å². The van der Waals surface area contributed by atoms with Crippen LogP contribution in [0.2, 0.25) is 0 Å². The van der Waals surface area contributed by atoms with E-state index in [2.05, 4.69) is 0 Å². The Kier molecular flexibility index (Phi) is 2.84. The van der Waals surface area contributed by atoms with Crippen molar-refractivity contribution in [2.45, 2.75) is 56.7 Å². The molecule has 106 valence electrons. The lowest BCUT2D eigenvalue weighted by Gasteiger charge is -2.47. The molecular formula is C17H20O3. The number of Topliss-reactive ketones (excluding diaryl/α,β-unsaturated/α-hetero) is 1. The molecular weight excluding hydrogens is 252 g/mol. The van der Waals surface area contributed by atoms with Crippen LogP contribution in [0.3, 0.4) is 0 Å². The van der Waals surface area contributed by atoms with E-state index in [0.29, 0.717) is 6.42 Å². The zero-order valence-electron chi connectivity index (χ0n) is 11.7. The first-order valence-electron chi connectivity index (χ1n) is 7.72. The van der Waals surface area contributed by atoms with Gasteiger partial charge in [0.1, 0.15) is 11.9 Å². The molecule has 0 N–H and O–H groups in total. The van der Waals surface area contributed by atoms with Crippen molar-refractivity contribution in [3.05, 3.63) is 29.3 Å². The standard InChI is InChI=1S/C17H20O3/c18-15-6-5-14-13(15)3-1-4-16(14)20-12-7-10-19-17(11-12)8-2-9-17/h1,3-4,12H,2,5-11H2. The predicted octanol–water partition coefficient (Wildman–Crippen LogP) is 3.30. The molecule has 1 saturated carbocycles. The predicted molar refractivity (Wildman–Crippen MR) is 75.3 cm³/mol. The largest absolute Gasteiger partial charge is 0.490 e. The molecule has 0 radical (unpaired) electrons. The van der Waals surface area contributed by atoms with E-state index >= 15 is 0 Å². The molecule has 1 heterocycles. The van der Waals surface area contributed by atoms with E-state index < -0.39 is 0 Å². The van der Waals surface area contributed by atoms with Crippen molar-refractivity contribution in [1.82, 2.24) is 0 Å². The van der Waals surface area contributed by atoms with Gasteiger partial charge < -0.3 is 9.47 Å². The molecule has 1 saturated heterocycles. The van der Waals surface area contributed by atoms with Crippen LogP contribution in [0.4, 0.5) is 0 Å². The smallest absolute Gasteiger partial charge is 0.163 e. The molecule has 1 unspecified atom stereocenters. The number of hydrogen-bond donors (Lipinski definition) is 0. The maximum absolute atomic E-state index is 11.8. The van der Waals surface area contributed by atoms with E-state index in [1.165, 1.54) is 19.3 Å². The molecule has 0 bridgehead atoms. The summed E-state index contributed by atoms with van der Waals surface area (Å²) in [4.78, 5) is 11.8. The van der Waals surface area contributed by atoms with Crippen LogP contribution < -0.4 is 4.74 Å². The van der Waals surface area contributed by atoms with E-state index in [1.807, 2.05) is 18.2 Å². The molecule has 1 atom stereocenters. The Hall–Kier alpha value is -1.35. The van der Waals surface area contributed by atoms with E-state index in [4.69, 9.17) is 9.47 Å². The Morgan fingerprint density at radius 3 is 2.95 bits per heavy atom. The lowest BCUT2D eigenvalue weighted by molar-refractivity contribution is -0.153. The van der Waals surface area contributed by atoms with E-state index in [9.17, 15) is 4.79 Å². The minimum atomic E-state index is 0.108. The topological polar surface area (TPSA) is 35.5 Å². The van der Waals surface area contributed by atoms with Gasteiger partial charge in [-0.05, 0) is 31.7 Å². The number of benzene rings is 1. The second-order valence-electron chi connectivity index (χ2n) is 6.32. The summed E-state index contributed by atoms with van der Waals surface area (Å²) >= 11 is 0. The van der Waals surface area contributed by atoms with Crippen LogP contribution in [-0.4, -0.2) is 24.1 Å². The quantitative estimate of drug-likeness (QED) is 0.828. The first kappa shape index (κ1) is 12.4. The SMILES string of the molecule is O=C1CCc2c(OC3CCOC4(CCC4)C3)cccc21. The zero-order valence-corrected chi connectivity index (χ0v) is 11.7. The summed E-state index contributed by atoms with van der Waals surface area (Å²) in [6.45, 7) is 0.804. The number of rotatable bonds is 2. The molecule has 3 nitrogen and oxygen atoms in total. The number of carbonyl (C=O) groups is 1. The third-order valence-electron chi connectivity index (χ3n) is 5.04. The number of hydrogen-bond acceptors (Lipinski definition) is 3. The van der Waals surface area contributed by atoms with Gasteiger partial charge in [0, 0.05) is 30.4 Å². The number of carbonyl (C=O) groups excluding carboxylic acids is 1. The normalized spacial score (nSPS) is 27.2. The molecule has 2 fully saturated rings. The van der Waals surface area contributed by atoms with Crippen LogP contribution >= 0.6 is 0 Å². The molecule has 3 aliphatic rings. The highest BCUT2D eigenvalue weighted by molar-refractivity contribution is 6.01. The maximum Gasteiger partial charge on any atom is 0.163 e. The lowest BCUT2D eigenvalue weighted by Crippen LogP contribution is -2.48. The lowest BCUT2D eigenvalue weighted by atomic mass is 9.74. The van der Waals surface area contributed by atoms with Gasteiger partial charge in [-0.15, -0.1) is 0 Å². The summed E-state index contributed by atoms with van der Waals surface area (Å²) < 4.78 is 12.2. The van der Waals surface area contributed by atoms with Gasteiger partial charge in [0.15, 0.2) is 5.78 Å². The summed E-state index contributed by atoms with van der Waals surface area (Å²) in [6, 6.07) is 5.88. The van der Waals surface area contributed by atoms with Crippen molar-refractivity contribution in [3.63, 3.8) is 0 Å². The van der Waals surface area contributed by atoms with Crippen LogP contribution in [0.5, 0.6) is 5.75 Å².